The van der Waals surface area contributed by atoms with Crippen LogP contribution in [0.4, 0.5) is 5.69 Å². The summed E-state index contributed by atoms with van der Waals surface area (Å²) in [6.45, 7) is 4.05. The first-order chi connectivity index (χ1) is 13.0. The number of carbonyl (C=O) groups is 1. The Hall–Kier alpha value is -1.74. The number of pyridine rings is 1. The van der Waals surface area contributed by atoms with E-state index in [1.165, 1.54) is 11.8 Å². The lowest BCUT2D eigenvalue weighted by molar-refractivity contribution is -0.115. The Balaban J connectivity index is 2.16. The van der Waals surface area contributed by atoms with Crippen LogP contribution in [0.3, 0.4) is 0 Å². The highest BCUT2D eigenvalue weighted by atomic mass is 35.5. The van der Waals surface area contributed by atoms with Crippen LogP contribution in [0.5, 0.6) is 0 Å². The highest BCUT2D eigenvalue weighted by Crippen LogP contribution is 2.29. The van der Waals surface area contributed by atoms with Gasteiger partial charge in [-0.05, 0) is 49.6 Å². The zero-order valence-electron chi connectivity index (χ0n) is 15.3. The molecule has 1 heterocycles. The number of nitrogens with zero attached hydrogens (tertiary/aromatic N) is 2. The van der Waals surface area contributed by atoms with Crippen molar-refractivity contribution in [3.63, 3.8) is 0 Å². The van der Waals surface area contributed by atoms with Crippen molar-refractivity contribution in [3.8, 4) is 6.07 Å². The molecule has 0 saturated carbocycles. The SMILES string of the molecule is CCCCc1ccc(C#N)c(SC(CC)C(=O)Nc2ccc(Cl)c(Cl)c2)n1. The number of nitriles is 1. The second-order valence-electron chi connectivity index (χ2n) is 6.00. The van der Waals surface area contributed by atoms with Crippen molar-refractivity contribution in [2.45, 2.75) is 49.8 Å². The molecule has 27 heavy (non-hydrogen) atoms. The maximum atomic E-state index is 12.7. The minimum absolute atomic E-state index is 0.162. The third-order valence-electron chi connectivity index (χ3n) is 3.93. The third-order valence-corrected chi connectivity index (χ3v) is 6.03. The molecule has 0 bridgehead atoms. The number of aromatic nitrogens is 1. The van der Waals surface area contributed by atoms with Crippen molar-refractivity contribution in [2.24, 2.45) is 0 Å². The van der Waals surface area contributed by atoms with Crippen LogP contribution in [0.1, 0.15) is 44.4 Å². The first-order valence-electron chi connectivity index (χ1n) is 8.81. The predicted octanol–water partition coefficient (Wildman–Crippen LogP) is 6.11. The average molecular weight is 422 g/mol. The topological polar surface area (TPSA) is 65.8 Å². The van der Waals surface area contributed by atoms with Crippen LogP contribution < -0.4 is 5.32 Å². The van der Waals surface area contributed by atoms with Gasteiger partial charge in [0.25, 0.3) is 0 Å². The van der Waals surface area contributed by atoms with Crippen molar-refractivity contribution < 1.29 is 4.79 Å². The minimum Gasteiger partial charge on any atom is -0.325 e. The second-order valence-corrected chi connectivity index (χ2v) is 8.01. The van der Waals surface area contributed by atoms with E-state index >= 15 is 0 Å². The smallest absolute Gasteiger partial charge is 0.237 e. The van der Waals surface area contributed by atoms with Crippen LogP contribution in [0.25, 0.3) is 0 Å². The largest absolute Gasteiger partial charge is 0.325 e. The molecule has 2 rings (SSSR count). The van der Waals surface area contributed by atoms with Crippen LogP contribution in [0.15, 0.2) is 35.4 Å². The lowest BCUT2D eigenvalue weighted by atomic mass is 10.2. The second kappa shape index (κ2) is 10.6. The van der Waals surface area contributed by atoms with E-state index in [-0.39, 0.29) is 11.2 Å². The maximum absolute atomic E-state index is 12.7. The molecule has 0 saturated heterocycles. The summed E-state index contributed by atoms with van der Waals surface area (Å²) >= 11 is 13.2. The molecule has 1 amide bonds. The Morgan fingerprint density at radius 1 is 1.26 bits per heavy atom. The molecule has 1 aromatic carbocycles. The third kappa shape index (κ3) is 6.14. The van der Waals surface area contributed by atoms with Gasteiger partial charge in [0.05, 0.1) is 20.9 Å². The highest BCUT2D eigenvalue weighted by Gasteiger charge is 2.21. The molecular weight excluding hydrogens is 401 g/mol. The molecule has 142 valence electrons. The van der Waals surface area contributed by atoms with Gasteiger partial charge >= 0.3 is 0 Å². The van der Waals surface area contributed by atoms with E-state index in [4.69, 9.17) is 23.2 Å². The number of hydrogen-bond acceptors (Lipinski definition) is 4. The van der Waals surface area contributed by atoms with Crippen LogP contribution in [-0.2, 0) is 11.2 Å². The van der Waals surface area contributed by atoms with Gasteiger partial charge in [-0.1, -0.05) is 55.2 Å². The van der Waals surface area contributed by atoms with Crippen molar-refractivity contribution in [1.82, 2.24) is 4.98 Å². The number of anilines is 1. The highest BCUT2D eigenvalue weighted by molar-refractivity contribution is 8.00. The fraction of sp³-hybridized carbons (Fsp3) is 0.350. The van der Waals surface area contributed by atoms with Crippen molar-refractivity contribution in [1.29, 1.82) is 5.26 Å². The predicted molar refractivity (Wildman–Crippen MR) is 113 cm³/mol. The fourth-order valence-electron chi connectivity index (χ4n) is 2.40. The summed E-state index contributed by atoms with van der Waals surface area (Å²) in [4.78, 5) is 17.3. The molecule has 0 spiro atoms. The molecule has 0 aliphatic rings. The Morgan fingerprint density at radius 2 is 2.04 bits per heavy atom. The number of nitrogens with one attached hydrogen (secondary N) is 1. The number of thioether (sulfide) groups is 1. The summed E-state index contributed by atoms with van der Waals surface area (Å²) in [5, 5.41) is 13.3. The van der Waals surface area contributed by atoms with Crippen molar-refractivity contribution in [2.75, 3.05) is 5.32 Å². The van der Waals surface area contributed by atoms with Gasteiger partial charge in [0.2, 0.25) is 5.91 Å². The van der Waals surface area contributed by atoms with E-state index in [2.05, 4.69) is 23.3 Å². The number of hydrogen-bond donors (Lipinski definition) is 1. The number of carbonyl (C=O) groups excluding carboxylic acids is 1. The monoisotopic (exact) mass is 421 g/mol. The lowest BCUT2D eigenvalue weighted by Gasteiger charge is -2.16. The summed E-state index contributed by atoms with van der Waals surface area (Å²) in [6.07, 6.45) is 3.58. The molecule has 1 unspecified atom stereocenters. The summed E-state index contributed by atoms with van der Waals surface area (Å²) in [5.74, 6) is -0.162. The van der Waals surface area contributed by atoms with Gasteiger partial charge < -0.3 is 5.32 Å². The van der Waals surface area contributed by atoms with Gasteiger partial charge in [-0.25, -0.2) is 4.98 Å². The molecule has 1 N–H and O–H groups in total. The summed E-state index contributed by atoms with van der Waals surface area (Å²) in [7, 11) is 0. The van der Waals surface area contributed by atoms with Crippen LogP contribution in [0.2, 0.25) is 10.0 Å². The van der Waals surface area contributed by atoms with Gasteiger partial charge in [0.15, 0.2) is 0 Å². The molecule has 4 nitrogen and oxygen atoms in total. The van der Waals surface area contributed by atoms with E-state index < -0.39 is 0 Å². The number of aryl methyl sites for hydroxylation is 1. The number of benzene rings is 1. The van der Waals surface area contributed by atoms with Gasteiger partial charge in [-0.3, -0.25) is 4.79 Å². The molecule has 7 heteroatoms. The molecule has 2 aromatic rings. The molecule has 0 aliphatic carbocycles. The fourth-order valence-corrected chi connectivity index (χ4v) is 3.72. The minimum atomic E-state index is -0.375. The van der Waals surface area contributed by atoms with Crippen LogP contribution in [-0.4, -0.2) is 16.1 Å². The van der Waals surface area contributed by atoms with Crippen molar-refractivity contribution in [3.05, 3.63) is 51.6 Å². The van der Waals surface area contributed by atoms with Gasteiger partial charge in [0.1, 0.15) is 11.1 Å². The van der Waals surface area contributed by atoms with Gasteiger partial charge in [-0.15, -0.1) is 0 Å². The molecule has 1 aromatic heterocycles. The number of unbranched alkanes of at least 4 members (excludes halogenated alkanes) is 1. The number of amides is 1. The molecule has 1 atom stereocenters. The van der Waals surface area contributed by atoms with Gasteiger partial charge in [0, 0.05) is 11.4 Å². The summed E-state index contributed by atoms with van der Waals surface area (Å²) in [5.41, 5.74) is 2.01. The Labute approximate surface area is 174 Å². The lowest BCUT2D eigenvalue weighted by Crippen LogP contribution is -2.24. The standard InChI is InChI=1S/C20H21Cl2N3OS/c1-3-5-6-14-8-7-13(12-23)20(25-14)27-18(4-2)19(26)24-15-9-10-16(21)17(22)11-15/h7-11,18H,3-6H2,1-2H3,(H,24,26). The quantitative estimate of drug-likeness (QED) is 0.521. The first kappa shape index (κ1) is 21.6. The molecule has 0 radical (unpaired) electrons. The van der Waals surface area contributed by atoms with Crippen LogP contribution >= 0.6 is 35.0 Å². The zero-order chi connectivity index (χ0) is 19.8. The Bertz CT molecular complexity index is 852. The Morgan fingerprint density at radius 3 is 2.67 bits per heavy atom. The molecule has 0 fully saturated rings. The maximum Gasteiger partial charge on any atom is 0.237 e. The summed E-state index contributed by atoms with van der Waals surface area (Å²) in [6, 6.07) is 10.8. The summed E-state index contributed by atoms with van der Waals surface area (Å²) < 4.78 is 0. The normalized spacial score (nSPS) is 11.7. The van der Waals surface area contributed by atoms with E-state index in [9.17, 15) is 10.1 Å². The average Bonchev–Trinajstić information content (AvgIpc) is 2.67. The zero-order valence-corrected chi connectivity index (χ0v) is 17.6. The first-order valence-corrected chi connectivity index (χ1v) is 10.4. The van der Waals surface area contributed by atoms with Crippen molar-refractivity contribution >= 4 is 46.6 Å². The molecule has 0 aliphatic heterocycles. The van der Waals surface area contributed by atoms with E-state index in [0.717, 1.165) is 25.0 Å². The van der Waals surface area contributed by atoms with E-state index in [1.807, 2.05) is 13.0 Å². The van der Waals surface area contributed by atoms with E-state index in [0.29, 0.717) is 32.7 Å². The Kier molecular flexibility index (Phi) is 8.43. The van der Waals surface area contributed by atoms with Crippen LogP contribution in [0, 0.1) is 11.3 Å². The van der Waals surface area contributed by atoms with Gasteiger partial charge in [-0.2, -0.15) is 5.26 Å². The number of rotatable bonds is 8. The van der Waals surface area contributed by atoms with E-state index in [1.54, 1.807) is 24.3 Å². The molecular formula is C20H21Cl2N3OS. The number of halogens is 2.